The second-order valence-electron chi connectivity index (χ2n) is 5.88. The second kappa shape index (κ2) is 6.13. The van der Waals surface area contributed by atoms with Crippen molar-refractivity contribution in [2.24, 2.45) is 0 Å². The smallest absolute Gasteiger partial charge is 0.245 e. The molecule has 0 N–H and O–H groups in total. The molecule has 1 aromatic heterocycles. The summed E-state index contributed by atoms with van der Waals surface area (Å²) in [5, 5.41) is 0.708. The van der Waals surface area contributed by atoms with Gasteiger partial charge in [-0.05, 0) is 44.4 Å². The zero-order chi connectivity index (χ0) is 15.7. The van der Waals surface area contributed by atoms with Crippen LogP contribution >= 0.6 is 11.6 Å². The molecule has 1 unspecified atom stereocenters. The number of hydrogen-bond donors (Lipinski definition) is 0. The molecule has 1 heterocycles. The minimum Gasteiger partial charge on any atom is -0.334 e. The van der Waals surface area contributed by atoms with Gasteiger partial charge in [0.25, 0.3) is 0 Å². The Kier molecular flexibility index (Phi) is 4.21. The quantitative estimate of drug-likeness (QED) is 0.845. The molecule has 1 aliphatic rings. The molecule has 4 nitrogen and oxygen atoms in total. The Balaban J connectivity index is 1.79. The van der Waals surface area contributed by atoms with Crippen LogP contribution in [0.25, 0.3) is 0 Å². The maximum Gasteiger partial charge on any atom is 0.245 e. The van der Waals surface area contributed by atoms with E-state index in [1.54, 1.807) is 6.20 Å². The van der Waals surface area contributed by atoms with E-state index in [9.17, 15) is 4.79 Å². The Labute approximate surface area is 135 Å². The molecule has 3 rings (SSSR count). The molecule has 0 spiro atoms. The minimum atomic E-state index is -0.234. The first-order valence-electron chi connectivity index (χ1n) is 7.60. The molecule has 5 heteroatoms. The van der Waals surface area contributed by atoms with Crippen LogP contribution in [0.5, 0.6) is 0 Å². The van der Waals surface area contributed by atoms with Gasteiger partial charge in [0.2, 0.25) is 5.91 Å². The number of rotatable bonds is 5. The predicted octanol–water partition coefficient (Wildman–Crippen LogP) is 3.60. The highest BCUT2D eigenvalue weighted by molar-refractivity contribution is 6.30. The van der Waals surface area contributed by atoms with E-state index in [2.05, 4.69) is 4.98 Å². The lowest BCUT2D eigenvalue weighted by Crippen LogP contribution is -2.37. The van der Waals surface area contributed by atoms with Crippen molar-refractivity contribution in [1.29, 1.82) is 0 Å². The molecular weight excluding hydrogens is 298 g/mol. The van der Waals surface area contributed by atoms with Crippen molar-refractivity contribution < 1.29 is 4.79 Å². The van der Waals surface area contributed by atoms with Crippen LogP contribution in [-0.4, -0.2) is 26.4 Å². The van der Waals surface area contributed by atoms with Crippen molar-refractivity contribution in [2.45, 2.75) is 45.3 Å². The number of benzene rings is 1. The van der Waals surface area contributed by atoms with Crippen LogP contribution in [0.3, 0.4) is 0 Å². The molecule has 1 amide bonds. The van der Waals surface area contributed by atoms with Crippen molar-refractivity contribution in [3.63, 3.8) is 0 Å². The number of amides is 1. The number of aryl methyl sites for hydroxylation is 1. The summed E-state index contributed by atoms with van der Waals surface area (Å²) in [4.78, 5) is 19.1. The molecule has 1 aliphatic carbocycles. The molecule has 0 radical (unpaired) electrons. The van der Waals surface area contributed by atoms with Crippen LogP contribution < -0.4 is 0 Å². The van der Waals surface area contributed by atoms with Gasteiger partial charge >= 0.3 is 0 Å². The lowest BCUT2D eigenvalue weighted by Gasteiger charge is -2.27. The number of halogens is 1. The van der Waals surface area contributed by atoms with Crippen molar-refractivity contribution in [3.05, 3.63) is 53.1 Å². The molecule has 0 saturated heterocycles. The third-order valence-corrected chi connectivity index (χ3v) is 4.38. The first kappa shape index (κ1) is 15.1. The van der Waals surface area contributed by atoms with Crippen LogP contribution in [0.2, 0.25) is 5.02 Å². The Morgan fingerprint density at radius 2 is 2.27 bits per heavy atom. The SMILES string of the molecule is Cc1nccn1C(C)C(=O)N(Cc1cccc(Cl)c1)C1CC1. The van der Waals surface area contributed by atoms with Crippen molar-refractivity contribution in [3.8, 4) is 0 Å². The third kappa shape index (κ3) is 3.17. The summed E-state index contributed by atoms with van der Waals surface area (Å²) in [6.07, 6.45) is 5.77. The number of carbonyl (C=O) groups excluding carboxylic acids is 1. The molecule has 0 bridgehead atoms. The zero-order valence-electron chi connectivity index (χ0n) is 12.9. The van der Waals surface area contributed by atoms with E-state index in [1.807, 2.05) is 53.8 Å². The molecule has 1 aromatic carbocycles. The fourth-order valence-electron chi connectivity index (χ4n) is 2.76. The monoisotopic (exact) mass is 317 g/mol. The van der Waals surface area contributed by atoms with Gasteiger partial charge in [0.1, 0.15) is 11.9 Å². The van der Waals surface area contributed by atoms with Gasteiger partial charge in [-0.3, -0.25) is 4.79 Å². The summed E-state index contributed by atoms with van der Waals surface area (Å²) in [6, 6.07) is 7.85. The number of aromatic nitrogens is 2. The van der Waals surface area contributed by atoms with Crippen LogP contribution in [0.15, 0.2) is 36.7 Å². The van der Waals surface area contributed by atoms with Crippen molar-refractivity contribution in [1.82, 2.24) is 14.5 Å². The minimum absolute atomic E-state index is 0.142. The maximum absolute atomic E-state index is 12.9. The molecule has 1 atom stereocenters. The highest BCUT2D eigenvalue weighted by atomic mass is 35.5. The van der Waals surface area contributed by atoms with E-state index in [4.69, 9.17) is 11.6 Å². The highest BCUT2D eigenvalue weighted by Crippen LogP contribution is 2.31. The van der Waals surface area contributed by atoms with Gasteiger partial charge in [-0.2, -0.15) is 0 Å². The van der Waals surface area contributed by atoms with E-state index in [0.717, 1.165) is 24.2 Å². The summed E-state index contributed by atoms with van der Waals surface area (Å²) in [6.45, 7) is 4.47. The van der Waals surface area contributed by atoms with Crippen LogP contribution in [0.4, 0.5) is 0 Å². The lowest BCUT2D eigenvalue weighted by atomic mass is 10.2. The number of nitrogens with zero attached hydrogens (tertiary/aromatic N) is 3. The van der Waals surface area contributed by atoms with E-state index in [0.29, 0.717) is 17.6 Å². The summed E-state index contributed by atoms with van der Waals surface area (Å²) in [7, 11) is 0. The average Bonchev–Trinajstić information content (AvgIpc) is 3.25. The van der Waals surface area contributed by atoms with Gasteiger partial charge in [0, 0.05) is 30.0 Å². The fourth-order valence-corrected chi connectivity index (χ4v) is 2.97. The van der Waals surface area contributed by atoms with Gasteiger partial charge in [-0.25, -0.2) is 4.98 Å². The lowest BCUT2D eigenvalue weighted by molar-refractivity contribution is -0.135. The number of hydrogen-bond acceptors (Lipinski definition) is 2. The highest BCUT2D eigenvalue weighted by Gasteiger charge is 2.35. The predicted molar refractivity (Wildman–Crippen MR) is 86.7 cm³/mol. The topological polar surface area (TPSA) is 38.1 Å². The Hall–Kier alpha value is -1.81. The van der Waals surface area contributed by atoms with Crippen molar-refractivity contribution >= 4 is 17.5 Å². The Morgan fingerprint density at radius 3 is 2.86 bits per heavy atom. The molecule has 22 heavy (non-hydrogen) atoms. The molecule has 2 aromatic rings. The van der Waals surface area contributed by atoms with Gasteiger partial charge in [-0.1, -0.05) is 23.7 Å². The number of imidazole rings is 1. The van der Waals surface area contributed by atoms with Gasteiger partial charge in [0.15, 0.2) is 0 Å². The van der Waals surface area contributed by atoms with Crippen LogP contribution in [-0.2, 0) is 11.3 Å². The van der Waals surface area contributed by atoms with Gasteiger partial charge in [-0.15, -0.1) is 0 Å². The molecule has 1 saturated carbocycles. The van der Waals surface area contributed by atoms with Gasteiger partial charge < -0.3 is 9.47 Å². The number of carbonyl (C=O) groups is 1. The van der Waals surface area contributed by atoms with E-state index in [-0.39, 0.29) is 11.9 Å². The fraction of sp³-hybridized carbons (Fsp3) is 0.412. The largest absolute Gasteiger partial charge is 0.334 e. The first-order valence-corrected chi connectivity index (χ1v) is 7.98. The molecule has 116 valence electrons. The van der Waals surface area contributed by atoms with E-state index in [1.165, 1.54) is 0 Å². The summed E-state index contributed by atoms with van der Waals surface area (Å²) < 4.78 is 1.93. The average molecular weight is 318 g/mol. The third-order valence-electron chi connectivity index (χ3n) is 4.15. The summed E-state index contributed by atoms with van der Waals surface area (Å²) in [5.41, 5.74) is 1.07. The van der Waals surface area contributed by atoms with Gasteiger partial charge in [0.05, 0.1) is 0 Å². The molecular formula is C17H20ClN3O. The van der Waals surface area contributed by atoms with E-state index < -0.39 is 0 Å². The maximum atomic E-state index is 12.9. The zero-order valence-corrected chi connectivity index (χ0v) is 13.6. The Morgan fingerprint density at radius 1 is 1.50 bits per heavy atom. The molecule has 1 fully saturated rings. The standard InChI is InChI=1S/C17H20ClN3O/c1-12(20-9-8-19-13(20)2)17(22)21(16-6-7-16)11-14-4-3-5-15(18)10-14/h3-5,8-10,12,16H,6-7,11H2,1-2H3. The van der Waals surface area contributed by atoms with E-state index >= 15 is 0 Å². The summed E-state index contributed by atoms with van der Waals surface area (Å²) in [5.74, 6) is 1.00. The van der Waals surface area contributed by atoms with Crippen molar-refractivity contribution in [2.75, 3.05) is 0 Å². The Bertz CT molecular complexity index is 678. The molecule has 0 aliphatic heterocycles. The van der Waals surface area contributed by atoms with Crippen LogP contribution in [0.1, 0.15) is 37.2 Å². The normalized spacial score (nSPS) is 15.6. The van der Waals surface area contributed by atoms with Crippen LogP contribution in [0, 0.1) is 6.92 Å². The summed E-state index contributed by atoms with van der Waals surface area (Å²) >= 11 is 6.05. The second-order valence-corrected chi connectivity index (χ2v) is 6.32. The first-order chi connectivity index (χ1) is 10.6.